The van der Waals surface area contributed by atoms with E-state index in [0.29, 0.717) is 0 Å². The molecule has 0 spiro atoms. The molecule has 0 atom stereocenters. The van der Waals surface area contributed by atoms with Crippen molar-refractivity contribution in [1.82, 2.24) is 24.9 Å². The molecule has 2 N–H and O–H groups in total. The molecule has 0 unspecified atom stereocenters. The number of para-hydroxylation sites is 4. The first-order valence-electron chi connectivity index (χ1n) is 7.74. The van der Waals surface area contributed by atoms with Crippen LogP contribution in [-0.4, -0.2) is 24.9 Å². The van der Waals surface area contributed by atoms with Crippen LogP contribution >= 0.6 is 0 Å². The van der Waals surface area contributed by atoms with Crippen LogP contribution in [0, 0.1) is 0 Å². The SMILES string of the molecule is c1cnc(-c2nc3ccccc3[nH]2)c(-c2nc3ccccc3[nH]2)c1. The standard InChI is InChI=1S/C19H13N5/c1-2-8-14-13(7-1)21-18(22-14)12-6-5-11-20-17(12)19-23-15-9-3-4-10-16(15)24-19/h1-11H,(H,21,22)(H,23,24). The number of rotatable bonds is 2. The summed E-state index contributed by atoms with van der Waals surface area (Å²) in [6, 6.07) is 19.9. The van der Waals surface area contributed by atoms with Crippen molar-refractivity contribution >= 4 is 22.1 Å². The van der Waals surface area contributed by atoms with Crippen molar-refractivity contribution in [2.75, 3.05) is 0 Å². The van der Waals surface area contributed by atoms with Gasteiger partial charge < -0.3 is 9.97 Å². The lowest BCUT2D eigenvalue weighted by Gasteiger charge is -2.03. The van der Waals surface area contributed by atoms with E-state index < -0.39 is 0 Å². The first-order valence-corrected chi connectivity index (χ1v) is 7.74. The summed E-state index contributed by atoms with van der Waals surface area (Å²) in [5.74, 6) is 1.53. The van der Waals surface area contributed by atoms with Crippen LogP contribution in [-0.2, 0) is 0 Å². The highest BCUT2D eigenvalue weighted by Gasteiger charge is 2.15. The number of aromatic nitrogens is 5. The van der Waals surface area contributed by atoms with Gasteiger partial charge >= 0.3 is 0 Å². The molecule has 114 valence electrons. The Labute approximate surface area is 137 Å². The third-order valence-corrected chi connectivity index (χ3v) is 4.07. The Kier molecular flexibility index (Phi) is 2.72. The zero-order chi connectivity index (χ0) is 15.9. The maximum absolute atomic E-state index is 4.69. The molecule has 0 saturated heterocycles. The average Bonchev–Trinajstić information content (AvgIpc) is 3.25. The Morgan fingerprint density at radius 3 is 1.96 bits per heavy atom. The van der Waals surface area contributed by atoms with Crippen LogP contribution in [0.2, 0.25) is 0 Å². The molecule has 0 aliphatic carbocycles. The molecule has 5 aromatic rings. The molecule has 0 aliphatic rings. The van der Waals surface area contributed by atoms with Crippen molar-refractivity contribution in [3.05, 3.63) is 66.9 Å². The monoisotopic (exact) mass is 311 g/mol. The second-order valence-corrected chi connectivity index (χ2v) is 5.60. The minimum absolute atomic E-state index is 0.743. The molecule has 3 heterocycles. The summed E-state index contributed by atoms with van der Waals surface area (Å²) in [7, 11) is 0. The summed E-state index contributed by atoms with van der Waals surface area (Å²) in [5, 5.41) is 0. The van der Waals surface area contributed by atoms with E-state index >= 15 is 0 Å². The summed E-state index contributed by atoms with van der Waals surface area (Å²) in [6.45, 7) is 0. The van der Waals surface area contributed by atoms with Crippen molar-refractivity contribution < 1.29 is 0 Å². The van der Waals surface area contributed by atoms with Gasteiger partial charge in [0.15, 0.2) is 5.82 Å². The zero-order valence-electron chi connectivity index (χ0n) is 12.7. The van der Waals surface area contributed by atoms with E-state index in [9.17, 15) is 0 Å². The maximum Gasteiger partial charge on any atom is 0.157 e. The van der Waals surface area contributed by atoms with Gasteiger partial charge in [-0.1, -0.05) is 24.3 Å². The summed E-state index contributed by atoms with van der Waals surface area (Å²) in [6.07, 6.45) is 1.77. The molecule has 0 bridgehead atoms. The predicted molar refractivity (Wildman–Crippen MR) is 94.4 cm³/mol. The molecule has 5 nitrogen and oxygen atoms in total. The Morgan fingerprint density at radius 2 is 1.25 bits per heavy atom. The predicted octanol–water partition coefficient (Wildman–Crippen LogP) is 4.17. The fourth-order valence-corrected chi connectivity index (χ4v) is 2.93. The van der Waals surface area contributed by atoms with E-state index in [4.69, 9.17) is 0 Å². The van der Waals surface area contributed by atoms with Crippen molar-refractivity contribution in [3.8, 4) is 22.9 Å². The maximum atomic E-state index is 4.69. The highest BCUT2D eigenvalue weighted by atomic mass is 15.0. The molecular weight excluding hydrogens is 298 g/mol. The van der Waals surface area contributed by atoms with Crippen LogP contribution in [0.4, 0.5) is 0 Å². The topological polar surface area (TPSA) is 70.2 Å². The molecule has 0 radical (unpaired) electrons. The van der Waals surface area contributed by atoms with Crippen LogP contribution in [0.5, 0.6) is 0 Å². The smallest absolute Gasteiger partial charge is 0.157 e. The summed E-state index contributed by atoms with van der Waals surface area (Å²) in [5.41, 5.74) is 5.57. The second-order valence-electron chi connectivity index (χ2n) is 5.60. The third kappa shape index (κ3) is 1.99. The molecule has 2 aromatic carbocycles. The molecule has 0 amide bonds. The Morgan fingerprint density at radius 1 is 0.625 bits per heavy atom. The summed E-state index contributed by atoms with van der Waals surface area (Å²) in [4.78, 5) is 20.6. The number of H-pyrrole nitrogens is 2. The molecule has 3 aromatic heterocycles. The number of aromatic amines is 2. The van der Waals surface area contributed by atoms with Gasteiger partial charge in [0.2, 0.25) is 0 Å². The van der Waals surface area contributed by atoms with E-state index in [2.05, 4.69) is 24.9 Å². The molecule has 5 heteroatoms. The Balaban J connectivity index is 1.72. The molecular formula is C19H13N5. The molecule has 5 rings (SSSR count). The highest BCUT2D eigenvalue weighted by Crippen LogP contribution is 2.29. The molecule has 24 heavy (non-hydrogen) atoms. The molecule has 0 saturated carbocycles. The van der Waals surface area contributed by atoms with E-state index in [0.717, 1.165) is 45.0 Å². The first kappa shape index (κ1) is 13.0. The van der Waals surface area contributed by atoms with Crippen LogP contribution < -0.4 is 0 Å². The zero-order valence-corrected chi connectivity index (χ0v) is 12.7. The lowest BCUT2D eigenvalue weighted by Crippen LogP contribution is -1.91. The van der Waals surface area contributed by atoms with Gasteiger partial charge in [-0.3, -0.25) is 4.98 Å². The number of imidazole rings is 2. The van der Waals surface area contributed by atoms with E-state index in [1.54, 1.807) is 6.20 Å². The summed E-state index contributed by atoms with van der Waals surface area (Å²) < 4.78 is 0. The minimum Gasteiger partial charge on any atom is -0.338 e. The summed E-state index contributed by atoms with van der Waals surface area (Å²) >= 11 is 0. The number of hydrogen-bond donors (Lipinski definition) is 2. The van der Waals surface area contributed by atoms with Gasteiger partial charge in [0.25, 0.3) is 0 Å². The van der Waals surface area contributed by atoms with Crippen molar-refractivity contribution in [1.29, 1.82) is 0 Å². The molecule has 0 aliphatic heterocycles. The molecule has 0 fully saturated rings. The fourth-order valence-electron chi connectivity index (χ4n) is 2.93. The number of fused-ring (bicyclic) bond motifs is 2. The van der Waals surface area contributed by atoms with Gasteiger partial charge in [-0.2, -0.15) is 0 Å². The van der Waals surface area contributed by atoms with Gasteiger partial charge in [-0.05, 0) is 36.4 Å². The number of pyridine rings is 1. The van der Waals surface area contributed by atoms with Crippen LogP contribution in [0.3, 0.4) is 0 Å². The van der Waals surface area contributed by atoms with Crippen molar-refractivity contribution in [2.24, 2.45) is 0 Å². The second kappa shape index (κ2) is 5.03. The van der Waals surface area contributed by atoms with Gasteiger partial charge in [0.1, 0.15) is 11.5 Å². The number of hydrogen-bond acceptors (Lipinski definition) is 3. The van der Waals surface area contributed by atoms with Crippen molar-refractivity contribution in [2.45, 2.75) is 0 Å². The van der Waals surface area contributed by atoms with Crippen molar-refractivity contribution in [3.63, 3.8) is 0 Å². The number of nitrogens with one attached hydrogen (secondary N) is 2. The third-order valence-electron chi connectivity index (χ3n) is 4.07. The highest BCUT2D eigenvalue weighted by molar-refractivity contribution is 5.85. The Hall–Kier alpha value is -3.47. The fraction of sp³-hybridized carbons (Fsp3) is 0. The average molecular weight is 311 g/mol. The van der Waals surface area contributed by atoms with E-state index in [-0.39, 0.29) is 0 Å². The van der Waals surface area contributed by atoms with Crippen LogP contribution in [0.25, 0.3) is 45.0 Å². The van der Waals surface area contributed by atoms with Gasteiger partial charge in [-0.25, -0.2) is 9.97 Å². The normalized spacial score (nSPS) is 11.3. The van der Waals surface area contributed by atoms with Crippen LogP contribution in [0.1, 0.15) is 0 Å². The van der Waals surface area contributed by atoms with E-state index in [1.165, 1.54) is 0 Å². The lowest BCUT2D eigenvalue weighted by atomic mass is 10.2. The Bertz CT molecular complexity index is 1010. The van der Waals surface area contributed by atoms with E-state index in [1.807, 2.05) is 60.7 Å². The minimum atomic E-state index is 0.743. The quantitative estimate of drug-likeness (QED) is 0.514. The van der Waals surface area contributed by atoms with Gasteiger partial charge in [-0.15, -0.1) is 0 Å². The number of benzene rings is 2. The first-order chi connectivity index (χ1) is 11.9. The van der Waals surface area contributed by atoms with Gasteiger partial charge in [0, 0.05) is 11.8 Å². The lowest BCUT2D eigenvalue weighted by molar-refractivity contribution is 1.22. The van der Waals surface area contributed by atoms with Crippen LogP contribution in [0.15, 0.2) is 66.9 Å². The number of nitrogens with zero attached hydrogens (tertiary/aromatic N) is 3. The van der Waals surface area contributed by atoms with Gasteiger partial charge in [0.05, 0.1) is 22.1 Å². The largest absolute Gasteiger partial charge is 0.338 e.